The van der Waals surface area contributed by atoms with Crippen molar-refractivity contribution in [1.82, 2.24) is 5.43 Å². The molecule has 6 nitrogen and oxygen atoms in total. The van der Waals surface area contributed by atoms with Crippen LogP contribution in [0, 0.1) is 0 Å². The second-order valence-electron chi connectivity index (χ2n) is 1.95. The maximum absolute atomic E-state index is 10.8. The number of hydrogen-bond donors (Lipinski definition) is 2. The number of hydrazone groups is 1. The van der Waals surface area contributed by atoms with Gasteiger partial charge in [0, 0.05) is 12.8 Å². The predicted octanol–water partition coefficient (Wildman–Crippen LogP) is -0.876. The SMILES string of the molecule is C=NNC(=O)C=C(N)C(=O)OCC. The van der Waals surface area contributed by atoms with Gasteiger partial charge in [-0.2, -0.15) is 5.10 Å². The third-order valence-electron chi connectivity index (χ3n) is 0.987. The molecule has 0 aromatic heterocycles. The number of ether oxygens (including phenoxy) is 1. The molecule has 13 heavy (non-hydrogen) atoms. The molecule has 3 N–H and O–H groups in total. The summed E-state index contributed by atoms with van der Waals surface area (Å²) in [7, 11) is 0. The first-order valence-electron chi connectivity index (χ1n) is 3.51. The molecule has 0 heterocycles. The molecule has 0 rings (SSSR count). The fourth-order valence-electron chi connectivity index (χ4n) is 0.525. The number of nitrogens with zero attached hydrogens (tertiary/aromatic N) is 1. The number of amides is 1. The van der Waals surface area contributed by atoms with Crippen molar-refractivity contribution in [1.29, 1.82) is 0 Å². The van der Waals surface area contributed by atoms with E-state index in [4.69, 9.17) is 5.73 Å². The second-order valence-corrected chi connectivity index (χ2v) is 1.95. The summed E-state index contributed by atoms with van der Waals surface area (Å²) in [5.74, 6) is -1.36. The van der Waals surface area contributed by atoms with Crippen molar-refractivity contribution >= 4 is 18.6 Å². The van der Waals surface area contributed by atoms with Crippen LogP contribution >= 0.6 is 0 Å². The van der Waals surface area contributed by atoms with Gasteiger partial charge < -0.3 is 10.5 Å². The molecule has 0 aromatic carbocycles. The van der Waals surface area contributed by atoms with Crippen molar-refractivity contribution in [3.8, 4) is 0 Å². The van der Waals surface area contributed by atoms with Crippen LogP contribution in [-0.2, 0) is 14.3 Å². The Morgan fingerprint density at radius 3 is 2.77 bits per heavy atom. The number of carbonyl (C=O) groups is 2. The van der Waals surface area contributed by atoms with Crippen molar-refractivity contribution in [2.45, 2.75) is 6.92 Å². The topological polar surface area (TPSA) is 93.8 Å². The Labute approximate surface area is 75.4 Å². The summed E-state index contributed by atoms with van der Waals surface area (Å²) in [6.07, 6.45) is 0.882. The maximum Gasteiger partial charge on any atom is 0.354 e. The van der Waals surface area contributed by atoms with Gasteiger partial charge in [0.25, 0.3) is 5.91 Å². The van der Waals surface area contributed by atoms with Crippen molar-refractivity contribution in [2.24, 2.45) is 10.8 Å². The lowest BCUT2D eigenvalue weighted by molar-refractivity contribution is -0.138. The number of nitrogens with one attached hydrogen (secondary N) is 1. The molecule has 0 spiro atoms. The fourth-order valence-corrected chi connectivity index (χ4v) is 0.525. The Balaban J connectivity index is 4.22. The van der Waals surface area contributed by atoms with Gasteiger partial charge in [0.05, 0.1) is 6.61 Å². The van der Waals surface area contributed by atoms with Crippen molar-refractivity contribution in [3.63, 3.8) is 0 Å². The van der Waals surface area contributed by atoms with Gasteiger partial charge in [0.1, 0.15) is 5.70 Å². The minimum atomic E-state index is -0.735. The van der Waals surface area contributed by atoms with Crippen LogP contribution in [0.15, 0.2) is 16.9 Å². The molecular formula is C7H11N3O3. The predicted molar refractivity (Wildman–Crippen MR) is 46.6 cm³/mol. The Bertz CT molecular complexity index is 247. The zero-order chi connectivity index (χ0) is 10.3. The first kappa shape index (κ1) is 11.2. The molecule has 0 aromatic rings. The molecule has 0 aliphatic carbocycles. The van der Waals surface area contributed by atoms with Gasteiger partial charge in [-0.25, -0.2) is 10.2 Å². The van der Waals surface area contributed by atoms with Gasteiger partial charge in [-0.3, -0.25) is 4.79 Å². The van der Waals surface area contributed by atoms with E-state index in [0.29, 0.717) is 0 Å². The molecular weight excluding hydrogens is 174 g/mol. The summed E-state index contributed by atoms with van der Waals surface area (Å²) in [6.45, 7) is 4.86. The fraction of sp³-hybridized carbons (Fsp3) is 0.286. The number of carbonyl (C=O) groups excluding carboxylic acids is 2. The summed E-state index contributed by atoms with van der Waals surface area (Å²) in [6, 6.07) is 0. The maximum atomic E-state index is 10.8. The third kappa shape index (κ3) is 4.57. The van der Waals surface area contributed by atoms with Crippen LogP contribution < -0.4 is 11.2 Å². The van der Waals surface area contributed by atoms with Crippen LogP contribution in [0.2, 0.25) is 0 Å². The van der Waals surface area contributed by atoms with Crippen LogP contribution in [0.4, 0.5) is 0 Å². The molecule has 6 heteroatoms. The summed E-state index contributed by atoms with van der Waals surface area (Å²) in [5.41, 5.74) is 6.91. The number of esters is 1. The normalized spacial score (nSPS) is 10.4. The van der Waals surface area contributed by atoms with Crippen LogP contribution in [0.1, 0.15) is 6.92 Å². The Hall–Kier alpha value is -1.85. The highest BCUT2D eigenvalue weighted by atomic mass is 16.5. The average molecular weight is 185 g/mol. The van der Waals surface area contributed by atoms with E-state index in [0.717, 1.165) is 6.08 Å². The smallest absolute Gasteiger partial charge is 0.354 e. The molecule has 0 bridgehead atoms. The lowest BCUT2D eigenvalue weighted by atomic mass is 10.4. The summed E-state index contributed by atoms with van der Waals surface area (Å²) >= 11 is 0. The van der Waals surface area contributed by atoms with E-state index in [2.05, 4.69) is 16.6 Å². The largest absolute Gasteiger partial charge is 0.461 e. The first-order chi connectivity index (χ1) is 6.11. The number of hydrogen-bond acceptors (Lipinski definition) is 5. The first-order valence-corrected chi connectivity index (χ1v) is 3.51. The lowest BCUT2D eigenvalue weighted by Gasteiger charge is -2.00. The van der Waals surface area contributed by atoms with Crippen LogP contribution in [0.25, 0.3) is 0 Å². The van der Waals surface area contributed by atoms with Gasteiger partial charge in [0.2, 0.25) is 0 Å². The third-order valence-corrected chi connectivity index (χ3v) is 0.987. The quantitative estimate of drug-likeness (QED) is 0.257. The minimum Gasteiger partial charge on any atom is -0.461 e. The highest BCUT2D eigenvalue weighted by molar-refractivity contribution is 5.97. The molecule has 0 aliphatic rings. The molecule has 0 fully saturated rings. The van der Waals surface area contributed by atoms with E-state index in [1.165, 1.54) is 0 Å². The van der Waals surface area contributed by atoms with Crippen LogP contribution in [0.3, 0.4) is 0 Å². The summed E-state index contributed by atoms with van der Waals surface area (Å²) in [4.78, 5) is 21.6. The standard InChI is InChI=1S/C7H11N3O3/c1-3-13-7(12)5(8)4-6(11)10-9-2/h4H,2-3,8H2,1H3,(H,10,11). The van der Waals surface area contributed by atoms with Crippen molar-refractivity contribution < 1.29 is 14.3 Å². The van der Waals surface area contributed by atoms with Gasteiger partial charge in [-0.05, 0) is 6.92 Å². The highest BCUT2D eigenvalue weighted by Crippen LogP contribution is 1.89. The molecule has 0 atom stereocenters. The molecule has 1 amide bonds. The van der Waals surface area contributed by atoms with E-state index < -0.39 is 11.9 Å². The molecule has 0 saturated carbocycles. The highest BCUT2D eigenvalue weighted by Gasteiger charge is 2.07. The molecule has 72 valence electrons. The molecule has 0 unspecified atom stereocenters. The van der Waals surface area contributed by atoms with Gasteiger partial charge >= 0.3 is 5.97 Å². The molecule has 0 saturated heterocycles. The average Bonchev–Trinajstić information content (AvgIpc) is 2.05. The van der Waals surface area contributed by atoms with Crippen LogP contribution in [0.5, 0.6) is 0 Å². The van der Waals surface area contributed by atoms with Crippen molar-refractivity contribution in [3.05, 3.63) is 11.8 Å². The molecule has 0 radical (unpaired) electrons. The number of rotatable bonds is 4. The zero-order valence-corrected chi connectivity index (χ0v) is 7.24. The van der Waals surface area contributed by atoms with E-state index in [1.807, 2.05) is 5.43 Å². The summed E-state index contributed by atoms with van der Waals surface area (Å²) in [5, 5.41) is 3.09. The van der Waals surface area contributed by atoms with Gasteiger partial charge in [-0.1, -0.05) is 0 Å². The lowest BCUT2D eigenvalue weighted by Crippen LogP contribution is -2.20. The zero-order valence-electron chi connectivity index (χ0n) is 7.24. The van der Waals surface area contributed by atoms with Crippen molar-refractivity contribution in [2.75, 3.05) is 6.61 Å². The minimum absolute atomic E-state index is 0.203. The summed E-state index contributed by atoms with van der Waals surface area (Å²) < 4.78 is 4.52. The Morgan fingerprint density at radius 1 is 1.69 bits per heavy atom. The van der Waals surface area contributed by atoms with Gasteiger partial charge in [0.15, 0.2) is 0 Å². The monoisotopic (exact) mass is 185 g/mol. The Kier molecular flexibility index (Phi) is 4.94. The second kappa shape index (κ2) is 5.76. The van der Waals surface area contributed by atoms with E-state index >= 15 is 0 Å². The van der Waals surface area contributed by atoms with Crippen LogP contribution in [-0.4, -0.2) is 25.2 Å². The van der Waals surface area contributed by atoms with E-state index in [1.54, 1.807) is 6.92 Å². The Morgan fingerprint density at radius 2 is 2.31 bits per heavy atom. The van der Waals surface area contributed by atoms with E-state index in [9.17, 15) is 9.59 Å². The van der Waals surface area contributed by atoms with Gasteiger partial charge in [-0.15, -0.1) is 0 Å². The molecule has 0 aliphatic heterocycles. The van der Waals surface area contributed by atoms with E-state index in [-0.39, 0.29) is 12.3 Å². The number of nitrogens with two attached hydrogens (primary N) is 1.